The highest BCUT2D eigenvalue weighted by Crippen LogP contribution is 2.31. The van der Waals surface area contributed by atoms with Crippen LogP contribution < -0.4 is 5.73 Å². The Morgan fingerprint density at radius 1 is 1.29 bits per heavy atom. The van der Waals surface area contributed by atoms with E-state index >= 15 is 0 Å². The number of amides is 3. The summed E-state index contributed by atoms with van der Waals surface area (Å²) >= 11 is 1.48. The Morgan fingerprint density at radius 2 is 1.90 bits per heavy atom. The molecule has 2 fully saturated rings. The van der Waals surface area contributed by atoms with Gasteiger partial charge in [-0.1, -0.05) is 0 Å². The summed E-state index contributed by atoms with van der Waals surface area (Å²) in [6, 6.07) is -0.960. The van der Waals surface area contributed by atoms with Crippen molar-refractivity contribution in [1.29, 1.82) is 0 Å². The lowest BCUT2D eigenvalue weighted by Gasteiger charge is -2.36. The van der Waals surface area contributed by atoms with Gasteiger partial charge >= 0.3 is 12.0 Å². The van der Waals surface area contributed by atoms with Crippen LogP contribution in [0.3, 0.4) is 0 Å². The second kappa shape index (κ2) is 6.55. The van der Waals surface area contributed by atoms with E-state index in [-0.39, 0.29) is 23.2 Å². The number of aliphatic carboxylic acids is 1. The van der Waals surface area contributed by atoms with E-state index in [1.165, 1.54) is 16.7 Å². The Morgan fingerprint density at radius 3 is 2.43 bits per heavy atom. The van der Waals surface area contributed by atoms with Crippen molar-refractivity contribution >= 4 is 29.7 Å². The number of carboxylic acid groups (broad SMARTS) is 1. The number of carbonyl (C=O) groups excluding carboxylic acids is 2. The van der Waals surface area contributed by atoms with Crippen molar-refractivity contribution < 1.29 is 19.5 Å². The van der Waals surface area contributed by atoms with Crippen LogP contribution in [0.5, 0.6) is 0 Å². The minimum atomic E-state index is -0.955. The first kappa shape index (κ1) is 15.9. The van der Waals surface area contributed by atoms with E-state index in [0.29, 0.717) is 25.3 Å². The average Bonchev–Trinajstić information content (AvgIpc) is 2.80. The number of hydrogen-bond donors (Lipinski definition) is 2. The third-order valence-corrected chi connectivity index (χ3v) is 5.32. The molecule has 2 rings (SSSR count). The molecule has 2 atom stereocenters. The van der Waals surface area contributed by atoms with Gasteiger partial charge in [-0.2, -0.15) is 0 Å². The van der Waals surface area contributed by atoms with Crippen molar-refractivity contribution in [1.82, 2.24) is 9.80 Å². The highest BCUT2D eigenvalue weighted by atomic mass is 32.2. The van der Waals surface area contributed by atoms with Gasteiger partial charge in [0.25, 0.3) is 0 Å². The molecular weight excluding hydrogens is 294 g/mol. The summed E-state index contributed by atoms with van der Waals surface area (Å²) in [6.07, 6.45) is 1.83. The minimum absolute atomic E-state index is 0.123. The molecule has 2 heterocycles. The highest BCUT2D eigenvalue weighted by molar-refractivity contribution is 8.00. The van der Waals surface area contributed by atoms with Crippen LogP contribution in [0.4, 0.5) is 4.79 Å². The average molecular weight is 315 g/mol. The van der Waals surface area contributed by atoms with Crippen LogP contribution in [0, 0.1) is 5.92 Å². The maximum absolute atomic E-state index is 12.5. The van der Waals surface area contributed by atoms with E-state index in [1.807, 2.05) is 6.92 Å². The molecule has 3 amide bonds. The van der Waals surface area contributed by atoms with Crippen molar-refractivity contribution in [3.63, 3.8) is 0 Å². The van der Waals surface area contributed by atoms with Crippen LogP contribution in [-0.2, 0) is 9.59 Å². The monoisotopic (exact) mass is 315 g/mol. The highest BCUT2D eigenvalue weighted by Gasteiger charge is 2.41. The number of urea groups is 1. The lowest BCUT2D eigenvalue weighted by molar-refractivity contribution is -0.141. The number of thioether (sulfide) groups is 1. The van der Waals surface area contributed by atoms with Crippen LogP contribution in [0.25, 0.3) is 0 Å². The normalized spacial score (nSPS) is 26.9. The standard InChI is InChI=1S/C13H21N3O4S/c1-8-16(10(7-21-8)12(18)19)13(20)15-4-2-9(3-5-15)6-11(14)17/h8-10H,2-7H2,1H3,(H2,14,17)(H,18,19). The van der Waals surface area contributed by atoms with Crippen molar-refractivity contribution in [3.05, 3.63) is 0 Å². The fraction of sp³-hybridized carbons (Fsp3) is 0.769. The number of likely N-dealkylation sites (tertiary alicyclic amines) is 1. The molecule has 8 heteroatoms. The lowest BCUT2D eigenvalue weighted by atomic mass is 9.93. The van der Waals surface area contributed by atoms with Crippen molar-refractivity contribution in [2.45, 2.75) is 37.6 Å². The zero-order chi connectivity index (χ0) is 15.6. The van der Waals surface area contributed by atoms with Crippen LogP contribution in [0.15, 0.2) is 0 Å². The van der Waals surface area contributed by atoms with Crippen molar-refractivity contribution in [2.24, 2.45) is 11.7 Å². The molecule has 0 aliphatic carbocycles. The number of piperidine rings is 1. The largest absolute Gasteiger partial charge is 0.480 e. The third kappa shape index (κ3) is 3.61. The van der Waals surface area contributed by atoms with E-state index in [1.54, 1.807) is 4.90 Å². The molecule has 21 heavy (non-hydrogen) atoms. The van der Waals surface area contributed by atoms with E-state index in [4.69, 9.17) is 5.73 Å². The second-order valence-corrected chi connectivity index (χ2v) is 6.93. The number of hydrogen-bond acceptors (Lipinski definition) is 4. The third-order valence-electron chi connectivity index (χ3n) is 4.10. The van der Waals surface area contributed by atoms with Crippen LogP contribution in [0.1, 0.15) is 26.2 Å². The zero-order valence-corrected chi connectivity index (χ0v) is 12.8. The van der Waals surface area contributed by atoms with Gasteiger partial charge in [0.15, 0.2) is 0 Å². The van der Waals surface area contributed by atoms with Gasteiger partial charge in [0, 0.05) is 25.3 Å². The lowest BCUT2D eigenvalue weighted by Crippen LogP contribution is -2.52. The van der Waals surface area contributed by atoms with Crippen molar-refractivity contribution in [3.8, 4) is 0 Å². The summed E-state index contributed by atoms with van der Waals surface area (Å²) < 4.78 is 0. The molecule has 0 aromatic rings. The quantitative estimate of drug-likeness (QED) is 0.791. The summed E-state index contributed by atoms with van der Waals surface area (Å²) in [6.45, 7) is 2.96. The first-order chi connectivity index (χ1) is 9.90. The molecular formula is C13H21N3O4S. The molecule has 2 saturated heterocycles. The number of rotatable bonds is 3. The molecule has 118 valence electrons. The number of nitrogens with zero attached hydrogens (tertiary/aromatic N) is 2. The van der Waals surface area contributed by atoms with Gasteiger partial charge in [-0.05, 0) is 25.7 Å². The zero-order valence-electron chi connectivity index (χ0n) is 12.0. The second-order valence-electron chi connectivity index (χ2n) is 5.58. The SMILES string of the molecule is CC1SCC(C(=O)O)N1C(=O)N1CCC(CC(N)=O)CC1. The van der Waals surface area contributed by atoms with Crippen LogP contribution in [-0.4, -0.2) is 63.1 Å². The van der Waals surface area contributed by atoms with Crippen LogP contribution in [0.2, 0.25) is 0 Å². The number of carbonyl (C=O) groups is 3. The summed E-state index contributed by atoms with van der Waals surface area (Å²) in [5.41, 5.74) is 5.19. The molecule has 2 aliphatic heterocycles. The van der Waals surface area contributed by atoms with E-state index in [9.17, 15) is 19.5 Å². The molecule has 0 saturated carbocycles. The Labute approximate surface area is 127 Å². The van der Waals surface area contributed by atoms with Gasteiger partial charge in [0.05, 0.1) is 5.37 Å². The number of carboxylic acids is 1. The molecule has 0 aromatic heterocycles. The Bertz CT molecular complexity index is 437. The van der Waals surface area contributed by atoms with E-state index < -0.39 is 12.0 Å². The summed E-state index contributed by atoms with van der Waals surface area (Å²) in [4.78, 5) is 37.8. The van der Waals surface area contributed by atoms with Crippen LogP contribution >= 0.6 is 11.8 Å². The summed E-state index contributed by atoms with van der Waals surface area (Å²) in [7, 11) is 0. The van der Waals surface area contributed by atoms with Gasteiger partial charge in [0.2, 0.25) is 5.91 Å². The van der Waals surface area contributed by atoms with Gasteiger partial charge in [-0.25, -0.2) is 9.59 Å². The first-order valence-corrected chi connectivity index (χ1v) is 8.15. The molecule has 7 nitrogen and oxygen atoms in total. The van der Waals surface area contributed by atoms with E-state index in [0.717, 1.165) is 12.8 Å². The molecule has 2 aliphatic rings. The fourth-order valence-corrected chi connectivity index (χ4v) is 4.06. The molecule has 3 N–H and O–H groups in total. The molecule has 2 unspecified atom stereocenters. The maximum Gasteiger partial charge on any atom is 0.327 e. The number of primary amides is 1. The predicted octanol–water partition coefficient (Wildman–Crippen LogP) is 0.542. The predicted molar refractivity (Wildman–Crippen MR) is 78.7 cm³/mol. The Kier molecular flexibility index (Phi) is 4.97. The topological polar surface area (TPSA) is 104 Å². The van der Waals surface area contributed by atoms with Gasteiger partial charge < -0.3 is 15.7 Å². The number of nitrogens with two attached hydrogens (primary N) is 1. The minimum Gasteiger partial charge on any atom is -0.480 e. The van der Waals surface area contributed by atoms with Gasteiger partial charge in [-0.15, -0.1) is 11.8 Å². The molecule has 0 radical (unpaired) electrons. The summed E-state index contributed by atoms with van der Waals surface area (Å²) in [5, 5.41) is 9.09. The van der Waals surface area contributed by atoms with Gasteiger partial charge in [0.1, 0.15) is 6.04 Å². The van der Waals surface area contributed by atoms with Crippen molar-refractivity contribution in [2.75, 3.05) is 18.8 Å². The first-order valence-electron chi connectivity index (χ1n) is 7.10. The smallest absolute Gasteiger partial charge is 0.327 e. The Hall–Kier alpha value is -1.44. The molecule has 0 bridgehead atoms. The molecule has 0 spiro atoms. The Balaban J connectivity index is 1.95. The van der Waals surface area contributed by atoms with E-state index in [2.05, 4.69) is 0 Å². The maximum atomic E-state index is 12.5. The molecule has 0 aromatic carbocycles. The van der Waals surface area contributed by atoms with Gasteiger partial charge in [-0.3, -0.25) is 9.69 Å². The fourth-order valence-electron chi connectivity index (χ4n) is 2.90. The summed E-state index contributed by atoms with van der Waals surface area (Å²) in [5.74, 6) is -0.605.